The predicted molar refractivity (Wildman–Crippen MR) is 91.7 cm³/mol. The number of ether oxygens (including phenoxy) is 1. The van der Waals surface area contributed by atoms with Gasteiger partial charge in [-0.15, -0.1) is 0 Å². The van der Waals surface area contributed by atoms with Gasteiger partial charge in [0.2, 0.25) is 0 Å². The molecule has 0 aliphatic carbocycles. The number of rotatable bonds is 4. The average molecular weight is 321 g/mol. The average Bonchev–Trinajstić information content (AvgIpc) is 3.26. The van der Waals surface area contributed by atoms with Crippen LogP contribution in [0.1, 0.15) is 24.7 Å². The second kappa shape index (κ2) is 6.35. The smallest absolute Gasteiger partial charge is 0.261 e. The zero-order valence-corrected chi connectivity index (χ0v) is 13.3. The highest BCUT2D eigenvalue weighted by molar-refractivity contribution is 5.79. The fourth-order valence-corrected chi connectivity index (χ4v) is 3.22. The third kappa shape index (κ3) is 2.85. The largest absolute Gasteiger partial charge is 0.484 e. The van der Waals surface area contributed by atoms with Crippen molar-refractivity contribution in [1.29, 1.82) is 0 Å². The first-order valence-corrected chi connectivity index (χ1v) is 8.23. The van der Waals surface area contributed by atoms with Crippen molar-refractivity contribution in [3.63, 3.8) is 0 Å². The normalized spacial score (nSPS) is 17.3. The van der Waals surface area contributed by atoms with Crippen molar-refractivity contribution in [2.24, 2.45) is 0 Å². The first-order valence-electron chi connectivity index (χ1n) is 8.23. The number of para-hydroxylation sites is 3. The summed E-state index contributed by atoms with van der Waals surface area (Å²) < 4.78 is 5.60. The van der Waals surface area contributed by atoms with Crippen LogP contribution in [0.25, 0.3) is 11.0 Å². The molecule has 0 saturated carbocycles. The quantitative estimate of drug-likeness (QED) is 0.802. The Kier molecular flexibility index (Phi) is 3.91. The fourth-order valence-electron chi connectivity index (χ4n) is 3.22. The third-order valence-electron chi connectivity index (χ3n) is 4.40. The molecule has 1 aliphatic rings. The molecule has 122 valence electrons. The Morgan fingerprint density at radius 3 is 2.79 bits per heavy atom. The van der Waals surface area contributed by atoms with Crippen LogP contribution in [0.2, 0.25) is 0 Å². The van der Waals surface area contributed by atoms with Gasteiger partial charge in [-0.1, -0.05) is 30.3 Å². The Hall–Kier alpha value is -2.82. The van der Waals surface area contributed by atoms with Crippen molar-refractivity contribution in [2.45, 2.75) is 18.9 Å². The molecular weight excluding hydrogens is 302 g/mol. The molecule has 1 saturated heterocycles. The molecule has 0 radical (unpaired) electrons. The van der Waals surface area contributed by atoms with E-state index in [0.29, 0.717) is 5.75 Å². The molecule has 2 heterocycles. The molecule has 5 nitrogen and oxygen atoms in total. The van der Waals surface area contributed by atoms with E-state index in [-0.39, 0.29) is 18.6 Å². The Balaban J connectivity index is 1.48. The highest BCUT2D eigenvalue weighted by Gasteiger charge is 2.32. The lowest BCUT2D eigenvalue weighted by Crippen LogP contribution is -2.34. The molecule has 1 amide bonds. The summed E-state index contributed by atoms with van der Waals surface area (Å²) in [6.45, 7) is 0.805. The van der Waals surface area contributed by atoms with Gasteiger partial charge in [0.05, 0.1) is 17.1 Å². The van der Waals surface area contributed by atoms with Crippen LogP contribution in [0.3, 0.4) is 0 Å². The van der Waals surface area contributed by atoms with Gasteiger partial charge in [0.25, 0.3) is 5.91 Å². The number of fused-ring (bicyclic) bond motifs is 1. The van der Waals surface area contributed by atoms with Crippen molar-refractivity contribution in [1.82, 2.24) is 14.9 Å². The van der Waals surface area contributed by atoms with Gasteiger partial charge in [-0.3, -0.25) is 4.79 Å². The van der Waals surface area contributed by atoms with E-state index in [4.69, 9.17) is 4.74 Å². The number of aromatic amines is 1. The number of carbonyl (C=O) groups excluding carboxylic acids is 1. The first-order chi connectivity index (χ1) is 11.8. The van der Waals surface area contributed by atoms with E-state index in [9.17, 15) is 4.79 Å². The maximum absolute atomic E-state index is 12.6. The van der Waals surface area contributed by atoms with E-state index >= 15 is 0 Å². The summed E-state index contributed by atoms with van der Waals surface area (Å²) in [4.78, 5) is 22.5. The zero-order chi connectivity index (χ0) is 16.4. The minimum Gasteiger partial charge on any atom is -0.484 e. The van der Waals surface area contributed by atoms with Gasteiger partial charge in [-0.05, 0) is 37.1 Å². The highest BCUT2D eigenvalue weighted by Crippen LogP contribution is 2.31. The number of carbonyl (C=O) groups is 1. The summed E-state index contributed by atoms with van der Waals surface area (Å²) in [5.74, 6) is 1.58. The van der Waals surface area contributed by atoms with E-state index in [1.807, 2.05) is 59.5 Å². The minimum absolute atomic E-state index is 0.00168. The van der Waals surface area contributed by atoms with Crippen LogP contribution in [0.5, 0.6) is 5.75 Å². The van der Waals surface area contributed by atoms with E-state index in [2.05, 4.69) is 9.97 Å². The van der Waals surface area contributed by atoms with E-state index < -0.39 is 0 Å². The van der Waals surface area contributed by atoms with Gasteiger partial charge in [-0.25, -0.2) is 4.98 Å². The van der Waals surface area contributed by atoms with E-state index in [1.54, 1.807) is 0 Å². The standard InChI is InChI=1S/C19H19N3O2/c23-18(13-24-14-7-2-1-3-8-14)22-12-6-11-17(22)19-20-15-9-4-5-10-16(15)21-19/h1-5,7-10,17H,6,11-13H2,(H,20,21)/t17-/m1/s1. The fraction of sp³-hybridized carbons (Fsp3) is 0.263. The van der Waals surface area contributed by atoms with Crippen LogP contribution in [0.4, 0.5) is 0 Å². The van der Waals surface area contributed by atoms with Crippen molar-refractivity contribution in [3.05, 3.63) is 60.4 Å². The summed E-state index contributed by atoms with van der Waals surface area (Å²) in [7, 11) is 0. The van der Waals surface area contributed by atoms with Crippen LogP contribution in [-0.2, 0) is 4.79 Å². The summed E-state index contributed by atoms with van der Waals surface area (Å²) in [6.07, 6.45) is 1.91. The highest BCUT2D eigenvalue weighted by atomic mass is 16.5. The van der Waals surface area contributed by atoms with Crippen molar-refractivity contribution in [2.75, 3.05) is 13.2 Å². The Morgan fingerprint density at radius 1 is 1.17 bits per heavy atom. The topological polar surface area (TPSA) is 58.2 Å². The third-order valence-corrected chi connectivity index (χ3v) is 4.40. The molecule has 1 fully saturated rings. The molecule has 1 atom stereocenters. The molecule has 1 aliphatic heterocycles. The molecule has 0 bridgehead atoms. The second-order valence-electron chi connectivity index (χ2n) is 5.99. The second-order valence-corrected chi connectivity index (χ2v) is 5.99. The molecular formula is C19H19N3O2. The number of hydrogen-bond donors (Lipinski definition) is 1. The van der Waals surface area contributed by atoms with Crippen LogP contribution < -0.4 is 4.74 Å². The van der Waals surface area contributed by atoms with E-state index in [1.165, 1.54) is 0 Å². The van der Waals surface area contributed by atoms with Crippen LogP contribution in [0, 0.1) is 0 Å². The molecule has 0 spiro atoms. The van der Waals surface area contributed by atoms with Gasteiger partial charge in [-0.2, -0.15) is 0 Å². The van der Waals surface area contributed by atoms with Crippen LogP contribution in [0.15, 0.2) is 54.6 Å². The summed E-state index contributed by atoms with van der Waals surface area (Å²) in [5, 5.41) is 0. The number of likely N-dealkylation sites (tertiary alicyclic amines) is 1. The molecule has 2 aromatic carbocycles. The number of aromatic nitrogens is 2. The number of amides is 1. The lowest BCUT2D eigenvalue weighted by atomic mass is 10.2. The minimum atomic E-state index is 0.00168. The number of nitrogens with one attached hydrogen (secondary N) is 1. The molecule has 24 heavy (non-hydrogen) atoms. The molecule has 1 N–H and O–H groups in total. The maximum Gasteiger partial charge on any atom is 0.261 e. The molecule has 4 rings (SSSR count). The Bertz CT molecular complexity index is 811. The van der Waals surface area contributed by atoms with Crippen LogP contribution in [-0.4, -0.2) is 33.9 Å². The SMILES string of the molecule is O=C(COc1ccccc1)N1CCC[C@@H]1c1nc2ccccc2[nH]1. The van der Waals surface area contributed by atoms with Crippen LogP contribution >= 0.6 is 0 Å². The zero-order valence-electron chi connectivity index (χ0n) is 13.3. The van der Waals surface area contributed by atoms with Gasteiger partial charge in [0.15, 0.2) is 6.61 Å². The molecule has 1 aromatic heterocycles. The Labute approximate surface area is 140 Å². The monoisotopic (exact) mass is 321 g/mol. The summed E-state index contributed by atoms with van der Waals surface area (Å²) >= 11 is 0. The molecule has 0 unspecified atom stereocenters. The van der Waals surface area contributed by atoms with Gasteiger partial charge in [0.1, 0.15) is 11.6 Å². The van der Waals surface area contributed by atoms with Crippen molar-refractivity contribution < 1.29 is 9.53 Å². The van der Waals surface area contributed by atoms with Gasteiger partial charge in [0, 0.05) is 6.54 Å². The molecule has 3 aromatic rings. The number of nitrogens with zero attached hydrogens (tertiary/aromatic N) is 2. The lowest BCUT2D eigenvalue weighted by Gasteiger charge is -2.23. The maximum atomic E-state index is 12.6. The summed E-state index contributed by atoms with van der Waals surface area (Å²) in [5.41, 5.74) is 1.94. The number of benzene rings is 2. The first kappa shape index (κ1) is 14.8. The predicted octanol–water partition coefficient (Wildman–Crippen LogP) is 3.31. The van der Waals surface area contributed by atoms with Crippen molar-refractivity contribution in [3.8, 4) is 5.75 Å². The number of H-pyrrole nitrogens is 1. The lowest BCUT2D eigenvalue weighted by molar-refractivity contribution is -0.134. The van der Waals surface area contributed by atoms with E-state index in [0.717, 1.165) is 36.2 Å². The Morgan fingerprint density at radius 2 is 1.96 bits per heavy atom. The van der Waals surface area contributed by atoms with Gasteiger partial charge >= 0.3 is 0 Å². The number of hydrogen-bond acceptors (Lipinski definition) is 3. The number of imidazole rings is 1. The molecule has 5 heteroatoms. The van der Waals surface area contributed by atoms with Crippen molar-refractivity contribution >= 4 is 16.9 Å². The van der Waals surface area contributed by atoms with Gasteiger partial charge < -0.3 is 14.6 Å². The summed E-state index contributed by atoms with van der Waals surface area (Å²) in [6, 6.07) is 17.4.